The number of anilines is 3. The minimum atomic E-state index is -3.81. The van der Waals surface area contributed by atoms with E-state index in [1.807, 2.05) is 18.2 Å². The normalized spacial score (nSPS) is 11.1. The van der Waals surface area contributed by atoms with Gasteiger partial charge < -0.3 is 5.32 Å². The first kappa shape index (κ1) is 17.5. The van der Waals surface area contributed by atoms with Crippen molar-refractivity contribution in [2.45, 2.75) is 4.90 Å². The molecule has 3 aromatic rings. The van der Waals surface area contributed by atoms with Crippen molar-refractivity contribution in [2.75, 3.05) is 10.0 Å². The van der Waals surface area contributed by atoms with E-state index in [0.717, 1.165) is 5.69 Å². The molecule has 0 amide bonds. The van der Waals surface area contributed by atoms with Crippen molar-refractivity contribution in [3.63, 3.8) is 0 Å². The maximum atomic E-state index is 12.4. The van der Waals surface area contributed by atoms with E-state index in [1.165, 1.54) is 18.3 Å². The Morgan fingerprint density at radius 1 is 0.840 bits per heavy atom. The van der Waals surface area contributed by atoms with E-state index in [2.05, 4.69) is 15.0 Å². The standard InChI is InChI=1S/C17H13Cl2N3O2S/c18-13-5-1-3-7-15(13)21-12-9-10-17(20-11-12)22-25(23,24)16-8-4-2-6-14(16)19/h1-11,21H,(H,20,22). The molecule has 1 aromatic heterocycles. The number of benzene rings is 2. The fourth-order valence-electron chi connectivity index (χ4n) is 2.10. The van der Waals surface area contributed by atoms with Crippen molar-refractivity contribution in [3.8, 4) is 0 Å². The van der Waals surface area contributed by atoms with E-state index in [1.54, 1.807) is 30.3 Å². The molecule has 0 bridgehead atoms. The van der Waals surface area contributed by atoms with Gasteiger partial charge in [-0.3, -0.25) is 4.72 Å². The van der Waals surface area contributed by atoms with Gasteiger partial charge in [0.25, 0.3) is 10.0 Å². The predicted octanol–water partition coefficient (Wildman–Crippen LogP) is 4.93. The lowest BCUT2D eigenvalue weighted by molar-refractivity contribution is 0.601. The summed E-state index contributed by atoms with van der Waals surface area (Å²) in [5, 5.41) is 3.83. The lowest BCUT2D eigenvalue weighted by Gasteiger charge is -2.10. The molecule has 2 aromatic carbocycles. The van der Waals surface area contributed by atoms with Gasteiger partial charge in [-0.05, 0) is 36.4 Å². The third kappa shape index (κ3) is 4.22. The molecule has 0 saturated carbocycles. The molecule has 0 spiro atoms. The largest absolute Gasteiger partial charge is 0.353 e. The maximum absolute atomic E-state index is 12.4. The van der Waals surface area contributed by atoms with E-state index >= 15 is 0 Å². The van der Waals surface area contributed by atoms with Crippen LogP contribution in [0.15, 0.2) is 71.8 Å². The highest BCUT2D eigenvalue weighted by Gasteiger charge is 2.17. The first-order valence-corrected chi connectivity index (χ1v) is 9.44. The zero-order valence-electron chi connectivity index (χ0n) is 12.8. The van der Waals surface area contributed by atoms with Gasteiger partial charge in [0.15, 0.2) is 0 Å². The molecular weight excluding hydrogens is 381 g/mol. The number of para-hydroxylation sites is 1. The number of sulfonamides is 1. The molecule has 0 fully saturated rings. The van der Waals surface area contributed by atoms with Gasteiger partial charge in [-0.15, -0.1) is 0 Å². The molecular formula is C17H13Cl2N3O2S. The highest BCUT2D eigenvalue weighted by Crippen LogP contribution is 2.26. The van der Waals surface area contributed by atoms with Crippen molar-refractivity contribution >= 4 is 50.4 Å². The van der Waals surface area contributed by atoms with Crippen LogP contribution in [0.1, 0.15) is 0 Å². The van der Waals surface area contributed by atoms with Gasteiger partial charge >= 0.3 is 0 Å². The van der Waals surface area contributed by atoms with Crippen LogP contribution in [0.2, 0.25) is 10.0 Å². The topological polar surface area (TPSA) is 71.1 Å². The second kappa shape index (κ2) is 7.31. The molecule has 1 heterocycles. The smallest absolute Gasteiger partial charge is 0.264 e. The molecule has 0 aliphatic rings. The fourth-order valence-corrected chi connectivity index (χ4v) is 3.81. The van der Waals surface area contributed by atoms with Crippen molar-refractivity contribution in [1.29, 1.82) is 0 Å². The Morgan fingerprint density at radius 2 is 1.52 bits per heavy atom. The molecule has 128 valence electrons. The van der Waals surface area contributed by atoms with Gasteiger partial charge in [-0.1, -0.05) is 47.5 Å². The molecule has 8 heteroatoms. The summed E-state index contributed by atoms with van der Waals surface area (Å²) in [5.74, 6) is 0.185. The summed E-state index contributed by atoms with van der Waals surface area (Å²) < 4.78 is 27.1. The summed E-state index contributed by atoms with van der Waals surface area (Å²) >= 11 is 12.0. The summed E-state index contributed by atoms with van der Waals surface area (Å²) in [6.07, 6.45) is 1.51. The maximum Gasteiger partial charge on any atom is 0.264 e. The van der Waals surface area contributed by atoms with Gasteiger partial charge in [0, 0.05) is 0 Å². The summed E-state index contributed by atoms with van der Waals surface area (Å²) in [7, 11) is -3.81. The predicted molar refractivity (Wildman–Crippen MR) is 101 cm³/mol. The number of nitrogens with one attached hydrogen (secondary N) is 2. The highest BCUT2D eigenvalue weighted by molar-refractivity contribution is 7.92. The Hall–Kier alpha value is -2.28. The number of rotatable bonds is 5. The van der Waals surface area contributed by atoms with Crippen LogP contribution in [0.3, 0.4) is 0 Å². The van der Waals surface area contributed by atoms with Crippen molar-refractivity contribution in [2.24, 2.45) is 0 Å². The van der Waals surface area contributed by atoms with Gasteiger partial charge in [-0.25, -0.2) is 13.4 Å². The van der Waals surface area contributed by atoms with Crippen LogP contribution >= 0.6 is 23.2 Å². The van der Waals surface area contributed by atoms with Crippen LogP contribution in [0.25, 0.3) is 0 Å². The van der Waals surface area contributed by atoms with Crippen LogP contribution in [0, 0.1) is 0 Å². The van der Waals surface area contributed by atoms with E-state index in [4.69, 9.17) is 23.2 Å². The molecule has 25 heavy (non-hydrogen) atoms. The molecule has 2 N–H and O–H groups in total. The number of halogens is 2. The summed E-state index contributed by atoms with van der Waals surface area (Å²) in [5.41, 5.74) is 1.41. The molecule has 0 aliphatic heterocycles. The number of hydrogen-bond donors (Lipinski definition) is 2. The highest BCUT2D eigenvalue weighted by atomic mass is 35.5. The van der Waals surface area contributed by atoms with Crippen LogP contribution in [0.5, 0.6) is 0 Å². The minimum Gasteiger partial charge on any atom is -0.353 e. The van der Waals surface area contributed by atoms with Crippen LogP contribution in [-0.2, 0) is 10.0 Å². The second-order valence-corrected chi connectivity index (χ2v) is 7.54. The molecule has 0 radical (unpaired) electrons. The van der Waals surface area contributed by atoms with Crippen LogP contribution in [-0.4, -0.2) is 13.4 Å². The quantitative estimate of drug-likeness (QED) is 0.644. The average molecular weight is 394 g/mol. The first-order valence-electron chi connectivity index (χ1n) is 7.21. The third-order valence-corrected chi connectivity index (χ3v) is 5.47. The molecule has 3 rings (SSSR count). The molecule has 0 saturated heterocycles. The SMILES string of the molecule is O=S(=O)(Nc1ccc(Nc2ccccc2Cl)cn1)c1ccccc1Cl. The zero-order chi connectivity index (χ0) is 17.9. The monoisotopic (exact) mass is 393 g/mol. The van der Waals surface area contributed by atoms with Gasteiger partial charge in [0.1, 0.15) is 10.7 Å². The fraction of sp³-hybridized carbons (Fsp3) is 0. The van der Waals surface area contributed by atoms with Crippen LogP contribution in [0.4, 0.5) is 17.2 Å². The number of pyridine rings is 1. The van der Waals surface area contributed by atoms with Crippen molar-refractivity contribution < 1.29 is 8.42 Å². The Bertz CT molecular complexity index is 993. The lowest BCUT2D eigenvalue weighted by atomic mass is 10.3. The van der Waals surface area contributed by atoms with Gasteiger partial charge in [-0.2, -0.15) is 0 Å². The third-order valence-electron chi connectivity index (χ3n) is 3.28. The number of nitrogens with zero attached hydrogens (tertiary/aromatic N) is 1. The summed E-state index contributed by atoms with van der Waals surface area (Å²) in [6.45, 7) is 0. The molecule has 5 nitrogen and oxygen atoms in total. The first-order chi connectivity index (χ1) is 12.0. The summed E-state index contributed by atoms with van der Waals surface area (Å²) in [4.78, 5) is 4.10. The molecule has 0 atom stereocenters. The van der Waals surface area contributed by atoms with E-state index in [-0.39, 0.29) is 15.7 Å². The van der Waals surface area contributed by atoms with Gasteiger partial charge in [0.05, 0.1) is 27.6 Å². The van der Waals surface area contributed by atoms with Crippen molar-refractivity contribution in [3.05, 3.63) is 76.9 Å². The Balaban J connectivity index is 1.77. The van der Waals surface area contributed by atoms with Gasteiger partial charge in [0.2, 0.25) is 0 Å². The molecule has 0 unspecified atom stereocenters. The minimum absolute atomic E-state index is 0.00302. The Kier molecular flexibility index (Phi) is 5.13. The molecule has 0 aliphatic carbocycles. The number of aromatic nitrogens is 1. The zero-order valence-corrected chi connectivity index (χ0v) is 15.1. The number of hydrogen-bond acceptors (Lipinski definition) is 4. The second-order valence-electron chi connectivity index (χ2n) is 5.07. The summed E-state index contributed by atoms with van der Waals surface area (Å²) in [6, 6.07) is 16.7. The van der Waals surface area contributed by atoms with E-state index < -0.39 is 10.0 Å². The lowest BCUT2D eigenvalue weighted by Crippen LogP contribution is -2.14. The Labute approximate surface area is 155 Å². The van der Waals surface area contributed by atoms with Crippen LogP contribution < -0.4 is 10.0 Å². The van der Waals surface area contributed by atoms with Crippen molar-refractivity contribution in [1.82, 2.24) is 4.98 Å². The van der Waals surface area contributed by atoms with E-state index in [0.29, 0.717) is 10.7 Å². The van der Waals surface area contributed by atoms with E-state index in [9.17, 15) is 8.42 Å². The average Bonchev–Trinajstić information content (AvgIpc) is 2.58. The Morgan fingerprint density at radius 3 is 2.16 bits per heavy atom.